The molecule has 0 aromatic heterocycles. The van der Waals surface area contributed by atoms with Gasteiger partial charge in [0.05, 0.1) is 15.1 Å². The Balaban J connectivity index is 2.30. The summed E-state index contributed by atoms with van der Waals surface area (Å²) in [6.45, 7) is 1.43. The maximum Gasteiger partial charge on any atom is 0.263 e. The standard InChI is InChI=1S/C15H13Cl3N2O3S/c1-9(21)20(2)11-5-3-10(4-6-11)19-24(22,23)15-8-13(17)12(16)7-14(15)18/h3-8,19H,1-2H3. The van der Waals surface area contributed by atoms with Crippen molar-refractivity contribution >= 4 is 62.1 Å². The molecule has 9 heteroatoms. The second-order valence-electron chi connectivity index (χ2n) is 4.93. The van der Waals surface area contributed by atoms with Gasteiger partial charge >= 0.3 is 0 Å². The summed E-state index contributed by atoms with van der Waals surface area (Å²) in [7, 11) is -2.32. The molecule has 0 aliphatic rings. The van der Waals surface area contributed by atoms with E-state index in [4.69, 9.17) is 34.8 Å². The van der Waals surface area contributed by atoms with Crippen LogP contribution in [0.1, 0.15) is 6.92 Å². The maximum atomic E-state index is 12.5. The molecule has 0 saturated carbocycles. The van der Waals surface area contributed by atoms with Crippen molar-refractivity contribution < 1.29 is 13.2 Å². The number of nitrogens with zero attached hydrogens (tertiary/aromatic N) is 1. The predicted molar refractivity (Wildman–Crippen MR) is 97.8 cm³/mol. The number of rotatable bonds is 4. The molecule has 5 nitrogen and oxygen atoms in total. The third kappa shape index (κ3) is 4.13. The SMILES string of the molecule is CC(=O)N(C)c1ccc(NS(=O)(=O)c2cc(Cl)c(Cl)cc2Cl)cc1. The van der Waals surface area contributed by atoms with Gasteiger partial charge in [-0.15, -0.1) is 0 Å². The van der Waals surface area contributed by atoms with Crippen molar-refractivity contribution in [3.63, 3.8) is 0 Å². The first-order valence-corrected chi connectivity index (χ1v) is 9.25. The van der Waals surface area contributed by atoms with Gasteiger partial charge in [-0.1, -0.05) is 34.8 Å². The Kier molecular flexibility index (Phi) is 5.65. The van der Waals surface area contributed by atoms with E-state index in [0.29, 0.717) is 11.4 Å². The summed E-state index contributed by atoms with van der Waals surface area (Å²) in [6.07, 6.45) is 0. The molecule has 0 atom stereocenters. The minimum absolute atomic E-state index is 0.0372. The molecule has 2 rings (SSSR count). The lowest BCUT2D eigenvalue weighted by Crippen LogP contribution is -2.22. The topological polar surface area (TPSA) is 66.5 Å². The van der Waals surface area contributed by atoms with E-state index in [-0.39, 0.29) is 25.9 Å². The van der Waals surface area contributed by atoms with Gasteiger partial charge in [-0.2, -0.15) is 0 Å². The number of sulfonamides is 1. The first kappa shape index (κ1) is 18.9. The number of carbonyl (C=O) groups excluding carboxylic acids is 1. The minimum atomic E-state index is -3.94. The van der Waals surface area contributed by atoms with Gasteiger partial charge in [0.15, 0.2) is 0 Å². The predicted octanol–water partition coefficient (Wildman–Crippen LogP) is 4.43. The monoisotopic (exact) mass is 406 g/mol. The molecule has 128 valence electrons. The largest absolute Gasteiger partial charge is 0.316 e. The van der Waals surface area contributed by atoms with E-state index < -0.39 is 10.0 Å². The van der Waals surface area contributed by atoms with E-state index in [0.717, 1.165) is 0 Å². The fourth-order valence-corrected chi connectivity index (χ4v) is 3.92. The third-order valence-corrected chi connectivity index (χ3v) is 5.81. The molecule has 0 bridgehead atoms. The normalized spacial score (nSPS) is 11.2. The Morgan fingerprint density at radius 1 is 1.00 bits per heavy atom. The summed E-state index contributed by atoms with van der Waals surface area (Å²) in [6, 6.07) is 8.78. The highest BCUT2D eigenvalue weighted by Gasteiger charge is 2.20. The van der Waals surface area contributed by atoms with Crippen molar-refractivity contribution in [3.05, 3.63) is 51.5 Å². The van der Waals surface area contributed by atoms with E-state index in [1.807, 2.05) is 0 Å². The number of hydrogen-bond donors (Lipinski definition) is 1. The number of amides is 1. The molecule has 1 amide bonds. The molecule has 2 aromatic rings. The van der Waals surface area contributed by atoms with Gasteiger partial charge in [-0.25, -0.2) is 8.42 Å². The van der Waals surface area contributed by atoms with Gasteiger partial charge in [0.1, 0.15) is 4.90 Å². The highest BCUT2D eigenvalue weighted by molar-refractivity contribution is 7.92. The molecule has 0 aliphatic carbocycles. The van der Waals surface area contributed by atoms with Gasteiger partial charge in [0.25, 0.3) is 10.0 Å². The van der Waals surface area contributed by atoms with E-state index in [1.54, 1.807) is 19.2 Å². The number of hydrogen-bond acceptors (Lipinski definition) is 3. The van der Waals surface area contributed by atoms with Crippen LogP contribution < -0.4 is 9.62 Å². The number of anilines is 2. The summed E-state index contributed by atoms with van der Waals surface area (Å²) in [4.78, 5) is 12.6. The fourth-order valence-electron chi connectivity index (χ4n) is 1.86. The van der Waals surface area contributed by atoms with Gasteiger partial charge in [0, 0.05) is 25.3 Å². The van der Waals surface area contributed by atoms with Gasteiger partial charge < -0.3 is 4.90 Å². The van der Waals surface area contributed by atoms with Crippen LogP contribution in [0, 0.1) is 0 Å². The molecule has 0 radical (unpaired) electrons. The molecule has 1 N–H and O–H groups in total. The Morgan fingerprint density at radius 3 is 2.08 bits per heavy atom. The lowest BCUT2D eigenvalue weighted by atomic mass is 10.2. The highest BCUT2D eigenvalue weighted by atomic mass is 35.5. The van der Waals surface area contributed by atoms with Crippen LogP contribution in [0.25, 0.3) is 0 Å². The summed E-state index contributed by atoms with van der Waals surface area (Å²) in [5.74, 6) is -0.133. The van der Waals surface area contributed by atoms with Crippen LogP contribution in [0.15, 0.2) is 41.3 Å². The zero-order valence-corrected chi connectivity index (χ0v) is 15.8. The van der Waals surface area contributed by atoms with Crippen molar-refractivity contribution in [2.75, 3.05) is 16.7 Å². The molecule has 0 aliphatic heterocycles. The molecular formula is C15H13Cl3N2O3S. The van der Waals surface area contributed by atoms with Crippen LogP contribution in [0.3, 0.4) is 0 Å². The molecular weight excluding hydrogens is 395 g/mol. The van der Waals surface area contributed by atoms with E-state index >= 15 is 0 Å². The van der Waals surface area contributed by atoms with Crippen LogP contribution in [-0.4, -0.2) is 21.4 Å². The fraction of sp³-hybridized carbons (Fsp3) is 0.133. The van der Waals surface area contributed by atoms with Crippen molar-refractivity contribution in [3.8, 4) is 0 Å². The number of halogens is 3. The molecule has 0 saturated heterocycles. The smallest absolute Gasteiger partial charge is 0.263 e. The lowest BCUT2D eigenvalue weighted by molar-refractivity contribution is -0.116. The first-order chi connectivity index (χ1) is 11.1. The zero-order valence-electron chi connectivity index (χ0n) is 12.7. The second kappa shape index (κ2) is 7.19. The Labute approximate surface area is 155 Å². The Bertz CT molecular complexity index is 884. The molecule has 24 heavy (non-hydrogen) atoms. The van der Waals surface area contributed by atoms with E-state index in [9.17, 15) is 13.2 Å². The summed E-state index contributed by atoms with van der Waals surface area (Å²) in [5, 5.41) is 0.210. The van der Waals surface area contributed by atoms with Gasteiger partial charge in [-0.05, 0) is 36.4 Å². The Morgan fingerprint density at radius 2 is 1.54 bits per heavy atom. The van der Waals surface area contributed by atoms with Crippen LogP contribution in [0.5, 0.6) is 0 Å². The molecule has 0 unspecified atom stereocenters. The quantitative estimate of drug-likeness (QED) is 0.762. The number of carbonyl (C=O) groups is 1. The third-order valence-electron chi connectivity index (χ3n) is 3.24. The highest BCUT2D eigenvalue weighted by Crippen LogP contribution is 2.32. The Hall–Kier alpha value is -1.47. The average molecular weight is 408 g/mol. The summed E-state index contributed by atoms with van der Waals surface area (Å²) >= 11 is 17.6. The number of benzene rings is 2. The van der Waals surface area contributed by atoms with E-state index in [2.05, 4.69) is 4.72 Å². The molecule has 0 heterocycles. The van der Waals surface area contributed by atoms with Crippen molar-refractivity contribution in [1.82, 2.24) is 0 Å². The first-order valence-electron chi connectivity index (χ1n) is 6.63. The van der Waals surface area contributed by atoms with Crippen LogP contribution >= 0.6 is 34.8 Å². The van der Waals surface area contributed by atoms with Crippen LogP contribution in [0.4, 0.5) is 11.4 Å². The lowest BCUT2D eigenvalue weighted by Gasteiger charge is -2.16. The van der Waals surface area contributed by atoms with E-state index in [1.165, 1.54) is 36.1 Å². The van der Waals surface area contributed by atoms with Crippen molar-refractivity contribution in [2.24, 2.45) is 0 Å². The average Bonchev–Trinajstić information content (AvgIpc) is 2.50. The van der Waals surface area contributed by atoms with Crippen molar-refractivity contribution in [1.29, 1.82) is 0 Å². The minimum Gasteiger partial charge on any atom is -0.316 e. The summed E-state index contributed by atoms with van der Waals surface area (Å²) in [5.41, 5.74) is 0.954. The second-order valence-corrected chi connectivity index (χ2v) is 7.80. The van der Waals surface area contributed by atoms with Crippen LogP contribution in [0.2, 0.25) is 15.1 Å². The molecule has 0 spiro atoms. The summed E-state index contributed by atoms with van der Waals surface area (Å²) < 4.78 is 27.3. The number of nitrogens with one attached hydrogen (secondary N) is 1. The molecule has 0 fully saturated rings. The zero-order chi connectivity index (χ0) is 18.1. The van der Waals surface area contributed by atoms with Crippen LogP contribution in [-0.2, 0) is 14.8 Å². The maximum absolute atomic E-state index is 12.5. The van der Waals surface area contributed by atoms with Crippen molar-refractivity contribution in [2.45, 2.75) is 11.8 Å². The van der Waals surface area contributed by atoms with Gasteiger partial charge in [0.2, 0.25) is 5.91 Å². The molecule has 2 aromatic carbocycles. The van der Waals surface area contributed by atoms with Gasteiger partial charge in [-0.3, -0.25) is 9.52 Å².